The summed E-state index contributed by atoms with van der Waals surface area (Å²) in [5.74, 6) is 0.199. The summed E-state index contributed by atoms with van der Waals surface area (Å²) in [5.41, 5.74) is 0.869. The molecule has 0 radical (unpaired) electrons. The van der Waals surface area contributed by atoms with E-state index in [1.54, 1.807) is 36.4 Å². The maximum atomic E-state index is 11.4. The second-order valence-corrected chi connectivity index (χ2v) is 8.85. The first-order valence-corrected chi connectivity index (χ1v) is 12.0. The smallest absolute Gasteiger partial charge is 0.164 e. The number of nitrogens with zero attached hydrogens (tertiary/aromatic N) is 3. The molecule has 0 aliphatic carbocycles. The lowest BCUT2D eigenvalue weighted by Crippen LogP contribution is -2.00. The Bertz CT molecular complexity index is 2460. The summed E-state index contributed by atoms with van der Waals surface area (Å²) in [6.45, 7) is 1.83. The number of furan rings is 1. The molecule has 39 heavy (non-hydrogen) atoms. The monoisotopic (exact) mass is 514 g/mol. The molecule has 0 spiro atoms. The summed E-state index contributed by atoms with van der Waals surface area (Å²) >= 11 is 0. The largest absolute Gasteiger partial charge is 0.507 e. The average molecular weight is 515 g/mol. The zero-order chi connectivity index (χ0) is 34.2. The minimum atomic E-state index is -0.783. The number of hydrogen-bond acceptors (Lipinski definition) is 5. The van der Waals surface area contributed by atoms with Gasteiger partial charge in [0, 0.05) is 27.6 Å². The molecule has 0 saturated heterocycles. The zero-order valence-corrected chi connectivity index (χ0v) is 20.5. The molecule has 1 N–H and O–H groups in total. The Morgan fingerprint density at radius 1 is 0.641 bits per heavy atom. The third-order valence-electron chi connectivity index (χ3n) is 6.18. The van der Waals surface area contributed by atoms with E-state index in [0.717, 1.165) is 11.1 Å². The minimum absolute atomic E-state index is 0.101. The number of rotatable bonds is 4. The fourth-order valence-electron chi connectivity index (χ4n) is 4.31. The minimum Gasteiger partial charge on any atom is -0.507 e. The molecule has 0 atom stereocenters. The lowest BCUT2D eigenvalue weighted by Gasteiger charge is -2.11. The highest BCUT2D eigenvalue weighted by Crippen LogP contribution is 2.35. The first kappa shape index (κ1) is 15.2. The lowest BCUT2D eigenvalue weighted by atomic mass is 9.99. The van der Waals surface area contributed by atoms with Gasteiger partial charge in [0.25, 0.3) is 0 Å². The van der Waals surface area contributed by atoms with Crippen LogP contribution in [0.4, 0.5) is 0 Å². The second kappa shape index (κ2) is 9.23. The summed E-state index contributed by atoms with van der Waals surface area (Å²) in [4.78, 5) is 13.8. The zero-order valence-electron chi connectivity index (χ0n) is 29.5. The van der Waals surface area contributed by atoms with Crippen LogP contribution < -0.4 is 0 Å². The Balaban J connectivity index is 1.47. The number of fused-ring (bicyclic) bond motifs is 2. The summed E-state index contributed by atoms with van der Waals surface area (Å²) in [6, 6.07) is 12.6. The summed E-state index contributed by atoms with van der Waals surface area (Å²) in [6.07, 6.45) is 0. The van der Waals surface area contributed by atoms with Crippen LogP contribution in [0.25, 0.3) is 67.0 Å². The van der Waals surface area contributed by atoms with Crippen LogP contribution in [0.3, 0.4) is 0 Å². The molecule has 0 saturated carbocycles. The van der Waals surface area contributed by atoms with E-state index < -0.39 is 65.7 Å². The van der Waals surface area contributed by atoms with E-state index in [0.29, 0.717) is 16.7 Å². The maximum Gasteiger partial charge on any atom is 0.164 e. The van der Waals surface area contributed by atoms with Crippen LogP contribution in [-0.2, 0) is 0 Å². The number of aryl methyl sites for hydroxylation is 1. The molecule has 2 heterocycles. The second-order valence-electron chi connectivity index (χ2n) is 8.85. The van der Waals surface area contributed by atoms with Gasteiger partial charge < -0.3 is 9.52 Å². The van der Waals surface area contributed by atoms with Gasteiger partial charge in [-0.25, -0.2) is 15.0 Å². The summed E-state index contributed by atoms with van der Waals surface area (Å²) < 4.78 is 82.6. The number of phenols is 1. The van der Waals surface area contributed by atoms with Crippen molar-refractivity contribution in [3.05, 3.63) is 121 Å². The van der Waals surface area contributed by atoms with Crippen molar-refractivity contribution in [2.45, 2.75) is 6.92 Å². The normalized spacial score (nSPS) is 14.5. The van der Waals surface area contributed by atoms with Crippen LogP contribution in [0.15, 0.2) is 119 Å². The topological polar surface area (TPSA) is 72.0 Å². The van der Waals surface area contributed by atoms with E-state index >= 15 is 0 Å². The van der Waals surface area contributed by atoms with E-state index in [1.807, 2.05) is 25.1 Å². The van der Waals surface area contributed by atoms with Crippen LogP contribution >= 0.6 is 0 Å². The van der Waals surface area contributed by atoms with Gasteiger partial charge in [-0.05, 0) is 53.5 Å². The van der Waals surface area contributed by atoms with Gasteiger partial charge in [-0.1, -0.05) is 84.8 Å². The molecule has 0 bridgehead atoms. The Hall–Kier alpha value is -5.29. The van der Waals surface area contributed by atoms with Crippen molar-refractivity contribution in [2.75, 3.05) is 0 Å². The quantitative estimate of drug-likeness (QED) is 0.255. The van der Waals surface area contributed by atoms with Gasteiger partial charge in [0.2, 0.25) is 0 Å². The Labute approximate surface area is 237 Å². The molecule has 5 heteroatoms. The van der Waals surface area contributed by atoms with Crippen LogP contribution in [0, 0.1) is 6.92 Å². The number of aromatic hydroxyl groups is 1. The lowest BCUT2D eigenvalue weighted by molar-refractivity contribution is 0.477. The molecule has 7 rings (SSSR count). The van der Waals surface area contributed by atoms with Gasteiger partial charge >= 0.3 is 0 Å². The van der Waals surface area contributed by atoms with Crippen LogP contribution in [0.5, 0.6) is 5.75 Å². The first-order valence-electron chi connectivity index (χ1n) is 16.5. The first-order chi connectivity index (χ1) is 22.9. The van der Waals surface area contributed by atoms with E-state index in [1.165, 1.54) is 6.07 Å². The number of aromatic nitrogens is 3. The molecule has 0 unspecified atom stereocenters. The van der Waals surface area contributed by atoms with E-state index in [9.17, 15) is 5.11 Å². The van der Waals surface area contributed by atoms with Crippen molar-refractivity contribution in [3.8, 4) is 51.0 Å². The van der Waals surface area contributed by atoms with Crippen molar-refractivity contribution < 1.29 is 21.9 Å². The van der Waals surface area contributed by atoms with Crippen LogP contribution in [0.1, 0.15) is 18.1 Å². The predicted octanol–water partition coefficient (Wildman–Crippen LogP) is 8.45. The third kappa shape index (κ3) is 4.30. The molecule has 186 valence electrons. The molecule has 7 aromatic rings. The molecule has 0 fully saturated rings. The molecular weight excluding hydrogens is 482 g/mol. The fourth-order valence-corrected chi connectivity index (χ4v) is 4.31. The van der Waals surface area contributed by atoms with Crippen molar-refractivity contribution in [3.63, 3.8) is 0 Å². The molecule has 5 aromatic carbocycles. The number of hydrogen-bond donors (Lipinski definition) is 1. The Morgan fingerprint density at radius 3 is 2.18 bits per heavy atom. The van der Waals surface area contributed by atoms with Crippen molar-refractivity contribution in [2.24, 2.45) is 0 Å². The molecule has 0 aliphatic rings. The fraction of sp³-hybridized carbons (Fsp3) is 0.0294. The van der Waals surface area contributed by atoms with Crippen LogP contribution in [0.2, 0.25) is 0 Å². The summed E-state index contributed by atoms with van der Waals surface area (Å²) in [5, 5.41) is 12.0. The molecular formula is C34H23N3O2. The summed E-state index contributed by atoms with van der Waals surface area (Å²) in [7, 11) is 0. The van der Waals surface area contributed by atoms with Crippen molar-refractivity contribution in [1.29, 1.82) is 0 Å². The number of benzene rings is 5. The van der Waals surface area contributed by atoms with E-state index in [2.05, 4.69) is 15.0 Å². The average Bonchev–Trinajstić information content (AvgIpc) is 3.47. The van der Waals surface area contributed by atoms with Gasteiger partial charge in [-0.15, -0.1) is 0 Å². The Kier molecular flexibility index (Phi) is 3.60. The molecule has 2 aromatic heterocycles. The van der Waals surface area contributed by atoms with Crippen LogP contribution in [-0.4, -0.2) is 20.1 Å². The molecule has 0 amide bonds. The Morgan fingerprint density at radius 2 is 1.36 bits per heavy atom. The molecule has 5 nitrogen and oxygen atoms in total. The van der Waals surface area contributed by atoms with Crippen molar-refractivity contribution >= 4 is 21.7 Å². The highest BCUT2D eigenvalue weighted by Gasteiger charge is 2.15. The van der Waals surface area contributed by atoms with Crippen molar-refractivity contribution in [1.82, 2.24) is 15.0 Å². The highest BCUT2D eigenvalue weighted by molar-refractivity contribution is 5.89. The predicted molar refractivity (Wildman–Crippen MR) is 155 cm³/mol. The van der Waals surface area contributed by atoms with Gasteiger partial charge in [-0.3, -0.25) is 0 Å². The third-order valence-corrected chi connectivity index (χ3v) is 6.18. The van der Waals surface area contributed by atoms with Gasteiger partial charge in [0.05, 0.1) is 12.3 Å². The SMILES string of the molecule is [2H]c1c([2H])c(-c2cc3c([2H])c([2H])c([2H])c([2H])c3c([2H])c2[2H])c(O)c([2H])c1-c1nc(-c2ccccc2)nc(-c2ccc3cc(C)oc3c2)n1. The van der Waals surface area contributed by atoms with Gasteiger partial charge in [0.1, 0.15) is 17.1 Å². The van der Waals surface area contributed by atoms with E-state index in [4.69, 9.17) is 16.8 Å². The van der Waals surface area contributed by atoms with Gasteiger partial charge in [-0.2, -0.15) is 0 Å². The standard InChI is InChI=1S/C34H23N3O2/c1-21-17-26-13-14-28(20-31(26)39-21)34-36-32(23-8-3-2-4-9-23)35-33(37-34)27-15-16-29(30(38)19-27)25-12-11-22-7-5-6-10-24(22)18-25/h2-20,38H,1H3/i5D,6D,7D,10D,11D,12D,15D,16D,19D. The van der Waals surface area contributed by atoms with E-state index in [-0.39, 0.29) is 39.4 Å². The highest BCUT2D eigenvalue weighted by atomic mass is 16.3. The maximum absolute atomic E-state index is 11.4. The molecule has 0 aliphatic heterocycles. The van der Waals surface area contributed by atoms with Gasteiger partial charge in [0.15, 0.2) is 17.5 Å². The number of phenolic OH excluding ortho intramolecular Hbond substituents is 1.